The molecule has 2 fully saturated rings. The van der Waals surface area contributed by atoms with Gasteiger partial charge in [-0.25, -0.2) is 0 Å². The summed E-state index contributed by atoms with van der Waals surface area (Å²) in [4.78, 5) is 4.98. The van der Waals surface area contributed by atoms with E-state index in [1.165, 1.54) is 25.9 Å². The molecule has 2 heterocycles. The second kappa shape index (κ2) is 7.99. The minimum absolute atomic E-state index is 0.0885. The highest BCUT2D eigenvalue weighted by Crippen LogP contribution is 2.21. The Morgan fingerprint density at radius 1 is 1.04 bits per heavy atom. The molecule has 0 unspecified atom stereocenters. The van der Waals surface area contributed by atoms with E-state index in [4.69, 9.17) is 14.2 Å². The molecule has 1 aromatic rings. The maximum Gasteiger partial charge on any atom is 0.135 e. The van der Waals surface area contributed by atoms with Crippen LogP contribution in [0.15, 0.2) is 24.3 Å². The predicted octanol–water partition coefficient (Wildman–Crippen LogP) is 1.87. The van der Waals surface area contributed by atoms with E-state index in [1.54, 1.807) is 7.11 Å². The molecule has 2 aliphatic rings. The number of hydrogen-bond donors (Lipinski definition) is 0. The maximum absolute atomic E-state index is 6.14. The minimum atomic E-state index is 0.0885. The highest BCUT2D eigenvalue weighted by Gasteiger charge is 2.28. The van der Waals surface area contributed by atoms with Gasteiger partial charge in [0.25, 0.3) is 0 Å². The van der Waals surface area contributed by atoms with Gasteiger partial charge in [-0.3, -0.25) is 4.90 Å². The maximum atomic E-state index is 6.14. The van der Waals surface area contributed by atoms with Crippen LogP contribution in [-0.2, 0) is 4.74 Å². The van der Waals surface area contributed by atoms with Crippen molar-refractivity contribution in [2.75, 3.05) is 53.6 Å². The van der Waals surface area contributed by atoms with Crippen molar-refractivity contribution >= 4 is 0 Å². The summed E-state index contributed by atoms with van der Waals surface area (Å²) >= 11 is 0. The Morgan fingerprint density at radius 3 is 2.43 bits per heavy atom. The summed E-state index contributed by atoms with van der Waals surface area (Å²) < 4.78 is 17.1. The molecule has 23 heavy (non-hydrogen) atoms. The molecule has 2 saturated heterocycles. The third-order valence-corrected chi connectivity index (χ3v) is 4.83. The normalized spacial score (nSPS) is 25.0. The van der Waals surface area contributed by atoms with Gasteiger partial charge in [-0.05, 0) is 57.2 Å². The first-order valence-electron chi connectivity index (χ1n) is 8.55. The van der Waals surface area contributed by atoms with E-state index in [2.05, 4.69) is 16.8 Å². The minimum Gasteiger partial charge on any atom is -0.497 e. The summed E-state index contributed by atoms with van der Waals surface area (Å²) in [7, 11) is 3.88. The van der Waals surface area contributed by atoms with Crippen molar-refractivity contribution in [3.05, 3.63) is 24.3 Å². The van der Waals surface area contributed by atoms with Gasteiger partial charge in [0.15, 0.2) is 0 Å². The molecule has 0 amide bonds. The van der Waals surface area contributed by atoms with Crippen LogP contribution in [0.25, 0.3) is 0 Å². The van der Waals surface area contributed by atoms with E-state index in [1.807, 2.05) is 24.3 Å². The molecule has 3 rings (SSSR count). The number of methoxy groups -OCH3 is 1. The highest BCUT2D eigenvalue weighted by molar-refractivity contribution is 5.31. The summed E-state index contributed by atoms with van der Waals surface area (Å²) in [5.74, 6) is 1.73. The molecule has 1 aromatic carbocycles. The van der Waals surface area contributed by atoms with E-state index in [0.717, 1.165) is 31.2 Å². The molecular formula is C18H28N2O3. The Kier molecular flexibility index (Phi) is 5.75. The van der Waals surface area contributed by atoms with Crippen LogP contribution >= 0.6 is 0 Å². The lowest BCUT2D eigenvalue weighted by molar-refractivity contribution is 0.0664. The summed E-state index contributed by atoms with van der Waals surface area (Å²) in [6, 6.07) is 8.45. The number of hydrogen-bond acceptors (Lipinski definition) is 5. The predicted molar refractivity (Wildman–Crippen MR) is 90.3 cm³/mol. The van der Waals surface area contributed by atoms with Crippen LogP contribution < -0.4 is 9.47 Å². The van der Waals surface area contributed by atoms with Crippen LogP contribution in [0, 0.1) is 0 Å². The van der Waals surface area contributed by atoms with Crippen molar-refractivity contribution in [1.29, 1.82) is 0 Å². The van der Waals surface area contributed by atoms with Crippen molar-refractivity contribution in [2.24, 2.45) is 0 Å². The average molecular weight is 320 g/mol. The fourth-order valence-corrected chi connectivity index (χ4v) is 3.41. The smallest absolute Gasteiger partial charge is 0.135 e. The number of likely N-dealkylation sites (tertiary alicyclic amines) is 1. The van der Waals surface area contributed by atoms with Gasteiger partial charge in [-0.1, -0.05) is 0 Å². The summed E-state index contributed by atoms with van der Waals surface area (Å²) in [5.41, 5.74) is 0. The van der Waals surface area contributed by atoms with Gasteiger partial charge in [-0.15, -0.1) is 0 Å². The lowest BCUT2D eigenvalue weighted by atomic mass is 10.0. The third kappa shape index (κ3) is 4.59. The van der Waals surface area contributed by atoms with E-state index in [0.29, 0.717) is 12.6 Å². The van der Waals surface area contributed by atoms with Crippen molar-refractivity contribution in [3.8, 4) is 11.5 Å². The largest absolute Gasteiger partial charge is 0.497 e. The first-order chi connectivity index (χ1) is 11.2. The van der Waals surface area contributed by atoms with Crippen LogP contribution in [-0.4, -0.2) is 75.5 Å². The summed E-state index contributed by atoms with van der Waals surface area (Å²) in [6.45, 7) is 5.79. The van der Waals surface area contributed by atoms with E-state index in [9.17, 15) is 0 Å². The van der Waals surface area contributed by atoms with Gasteiger partial charge in [0.1, 0.15) is 17.6 Å². The number of rotatable bonds is 4. The van der Waals surface area contributed by atoms with Crippen LogP contribution in [0.2, 0.25) is 0 Å². The van der Waals surface area contributed by atoms with Crippen molar-refractivity contribution in [2.45, 2.75) is 25.0 Å². The quantitative estimate of drug-likeness (QED) is 0.846. The SMILES string of the molecule is COc1ccc(O[C@H]2COCCN(C3CCN(C)CC3)C2)cc1. The zero-order valence-electron chi connectivity index (χ0n) is 14.2. The molecule has 0 aromatic heterocycles. The molecule has 1 atom stereocenters. The molecular weight excluding hydrogens is 292 g/mol. The first kappa shape index (κ1) is 16.6. The summed E-state index contributed by atoms with van der Waals surface area (Å²) in [5, 5.41) is 0. The third-order valence-electron chi connectivity index (χ3n) is 4.83. The monoisotopic (exact) mass is 320 g/mol. The number of ether oxygens (including phenoxy) is 3. The van der Waals surface area contributed by atoms with Crippen LogP contribution in [0.3, 0.4) is 0 Å². The zero-order chi connectivity index (χ0) is 16.1. The topological polar surface area (TPSA) is 34.2 Å². The lowest BCUT2D eigenvalue weighted by Crippen LogP contribution is -2.47. The second-order valence-corrected chi connectivity index (χ2v) is 6.52. The number of piperidine rings is 1. The van der Waals surface area contributed by atoms with Crippen molar-refractivity contribution < 1.29 is 14.2 Å². The Hall–Kier alpha value is -1.30. The number of benzene rings is 1. The molecule has 0 radical (unpaired) electrons. The number of nitrogens with zero attached hydrogens (tertiary/aromatic N) is 2. The van der Waals surface area contributed by atoms with Crippen LogP contribution in [0.5, 0.6) is 11.5 Å². The first-order valence-corrected chi connectivity index (χ1v) is 8.55. The Bertz CT molecular complexity index is 472. The van der Waals surface area contributed by atoms with Crippen LogP contribution in [0.1, 0.15) is 12.8 Å². The van der Waals surface area contributed by atoms with Gasteiger partial charge in [0, 0.05) is 19.1 Å². The van der Waals surface area contributed by atoms with Crippen LogP contribution in [0.4, 0.5) is 0 Å². The molecule has 5 nitrogen and oxygen atoms in total. The van der Waals surface area contributed by atoms with E-state index in [-0.39, 0.29) is 6.10 Å². The van der Waals surface area contributed by atoms with Gasteiger partial charge in [-0.2, -0.15) is 0 Å². The second-order valence-electron chi connectivity index (χ2n) is 6.52. The summed E-state index contributed by atoms with van der Waals surface area (Å²) in [6.07, 6.45) is 2.57. The molecule has 0 saturated carbocycles. The molecule has 0 spiro atoms. The Labute approximate surface area is 139 Å². The lowest BCUT2D eigenvalue weighted by Gasteiger charge is -2.37. The van der Waals surface area contributed by atoms with Gasteiger partial charge in [0.2, 0.25) is 0 Å². The van der Waals surface area contributed by atoms with Gasteiger partial charge in [0.05, 0.1) is 20.3 Å². The fourth-order valence-electron chi connectivity index (χ4n) is 3.41. The zero-order valence-corrected chi connectivity index (χ0v) is 14.2. The Balaban J connectivity index is 1.58. The van der Waals surface area contributed by atoms with Gasteiger partial charge < -0.3 is 19.1 Å². The van der Waals surface area contributed by atoms with Crippen molar-refractivity contribution in [3.63, 3.8) is 0 Å². The van der Waals surface area contributed by atoms with E-state index < -0.39 is 0 Å². The molecule has 5 heteroatoms. The highest BCUT2D eigenvalue weighted by atomic mass is 16.5. The standard InChI is InChI=1S/C18H28N2O3/c1-19-9-7-15(8-10-19)20-11-12-22-14-18(13-20)23-17-5-3-16(21-2)4-6-17/h3-6,15,18H,7-14H2,1-2H3/t18-/m1/s1. The fraction of sp³-hybridized carbons (Fsp3) is 0.667. The Morgan fingerprint density at radius 2 is 1.74 bits per heavy atom. The molecule has 0 aliphatic carbocycles. The molecule has 128 valence electrons. The van der Waals surface area contributed by atoms with E-state index >= 15 is 0 Å². The average Bonchev–Trinajstić information content (AvgIpc) is 2.82. The molecule has 2 aliphatic heterocycles. The molecule has 0 bridgehead atoms. The van der Waals surface area contributed by atoms with Crippen molar-refractivity contribution in [1.82, 2.24) is 9.80 Å². The molecule has 0 N–H and O–H groups in total. The van der Waals surface area contributed by atoms with Gasteiger partial charge >= 0.3 is 0 Å².